The van der Waals surface area contributed by atoms with Gasteiger partial charge < -0.3 is 4.98 Å². The molecule has 2 aromatic rings. The van der Waals surface area contributed by atoms with Gasteiger partial charge in [0, 0.05) is 37.6 Å². The molecule has 0 atom stereocenters. The highest BCUT2D eigenvalue weighted by molar-refractivity contribution is 5.21. The lowest BCUT2D eigenvalue weighted by atomic mass is 10.1. The lowest BCUT2D eigenvalue weighted by Crippen LogP contribution is -2.31. The standard InChI is InChI=1S/C14H19N5/c1-10(2)14-17-7-11-3-6-19(8-12(11)18-14)9-13-15-4-5-16-13/h4-5,7,10H,3,6,8-9H2,1-2H3,(H,15,16). The van der Waals surface area contributed by atoms with Crippen LogP contribution in [0.25, 0.3) is 0 Å². The zero-order valence-electron chi connectivity index (χ0n) is 11.4. The zero-order valence-corrected chi connectivity index (χ0v) is 11.4. The number of hydrogen-bond acceptors (Lipinski definition) is 4. The number of rotatable bonds is 3. The average molecular weight is 257 g/mol. The summed E-state index contributed by atoms with van der Waals surface area (Å²) in [6.07, 6.45) is 6.69. The van der Waals surface area contributed by atoms with Gasteiger partial charge in [0.15, 0.2) is 0 Å². The van der Waals surface area contributed by atoms with Crippen molar-refractivity contribution < 1.29 is 0 Å². The van der Waals surface area contributed by atoms with Gasteiger partial charge in [-0.1, -0.05) is 13.8 Å². The Morgan fingerprint density at radius 2 is 2.26 bits per heavy atom. The summed E-state index contributed by atoms with van der Waals surface area (Å²) in [5.41, 5.74) is 2.47. The van der Waals surface area contributed by atoms with E-state index in [4.69, 9.17) is 4.98 Å². The summed E-state index contributed by atoms with van der Waals surface area (Å²) in [6.45, 7) is 7.04. The van der Waals surface area contributed by atoms with E-state index < -0.39 is 0 Å². The summed E-state index contributed by atoms with van der Waals surface area (Å²) < 4.78 is 0. The molecule has 0 amide bonds. The molecule has 5 nitrogen and oxygen atoms in total. The van der Waals surface area contributed by atoms with E-state index in [1.807, 2.05) is 12.4 Å². The quantitative estimate of drug-likeness (QED) is 0.912. The van der Waals surface area contributed by atoms with E-state index in [-0.39, 0.29) is 0 Å². The van der Waals surface area contributed by atoms with Crippen molar-refractivity contribution in [3.05, 3.63) is 41.5 Å². The van der Waals surface area contributed by atoms with E-state index in [9.17, 15) is 0 Å². The van der Waals surface area contributed by atoms with E-state index in [1.165, 1.54) is 11.3 Å². The van der Waals surface area contributed by atoms with Crippen LogP contribution in [0.1, 0.15) is 42.7 Å². The topological polar surface area (TPSA) is 57.7 Å². The molecule has 0 spiro atoms. The first-order valence-corrected chi connectivity index (χ1v) is 6.77. The smallest absolute Gasteiger partial charge is 0.131 e. The van der Waals surface area contributed by atoms with Gasteiger partial charge in [-0.3, -0.25) is 4.90 Å². The third kappa shape index (κ3) is 2.66. The Morgan fingerprint density at radius 3 is 3.00 bits per heavy atom. The van der Waals surface area contributed by atoms with Crippen LogP contribution in [0.4, 0.5) is 0 Å². The SMILES string of the molecule is CC(C)c1ncc2c(n1)CN(Cc1ncc[nH]1)CC2. The maximum Gasteiger partial charge on any atom is 0.131 e. The van der Waals surface area contributed by atoms with Gasteiger partial charge in [0.25, 0.3) is 0 Å². The van der Waals surface area contributed by atoms with Gasteiger partial charge >= 0.3 is 0 Å². The highest BCUT2D eigenvalue weighted by atomic mass is 15.2. The van der Waals surface area contributed by atoms with Gasteiger partial charge in [-0.2, -0.15) is 0 Å². The second kappa shape index (κ2) is 5.09. The highest BCUT2D eigenvalue weighted by Gasteiger charge is 2.19. The first-order chi connectivity index (χ1) is 9.22. The van der Waals surface area contributed by atoms with E-state index in [0.29, 0.717) is 5.92 Å². The van der Waals surface area contributed by atoms with Crippen LogP contribution in [-0.4, -0.2) is 31.4 Å². The number of fused-ring (bicyclic) bond motifs is 1. The van der Waals surface area contributed by atoms with E-state index in [2.05, 4.69) is 33.7 Å². The van der Waals surface area contributed by atoms with Crippen molar-refractivity contribution >= 4 is 0 Å². The normalized spacial score (nSPS) is 15.7. The molecule has 0 unspecified atom stereocenters. The van der Waals surface area contributed by atoms with Crippen molar-refractivity contribution in [1.82, 2.24) is 24.8 Å². The Kier molecular flexibility index (Phi) is 3.29. The molecular formula is C14H19N5. The number of nitrogens with zero attached hydrogens (tertiary/aromatic N) is 4. The van der Waals surface area contributed by atoms with Gasteiger partial charge in [0.1, 0.15) is 11.6 Å². The monoisotopic (exact) mass is 257 g/mol. The summed E-state index contributed by atoms with van der Waals surface area (Å²) in [5.74, 6) is 2.34. The summed E-state index contributed by atoms with van der Waals surface area (Å²) in [5, 5.41) is 0. The van der Waals surface area contributed by atoms with E-state index in [1.54, 1.807) is 6.20 Å². The number of nitrogens with one attached hydrogen (secondary N) is 1. The predicted octanol–water partition coefficient (Wildman–Crippen LogP) is 1.88. The first-order valence-electron chi connectivity index (χ1n) is 6.77. The fraction of sp³-hybridized carbons (Fsp3) is 0.500. The third-order valence-corrected chi connectivity index (χ3v) is 3.49. The number of aromatic nitrogens is 4. The van der Waals surface area contributed by atoms with Crippen molar-refractivity contribution in [1.29, 1.82) is 0 Å². The Morgan fingerprint density at radius 1 is 1.37 bits per heavy atom. The molecule has 5 heteroatoms. The Balaban J connectivity index is 1.76. The molecule has 1 aliphatic rings. The summed E-state index contributed by atoms with van der Waals surface area (Å²) in [7, 11) is 0. The molecule has 2 aromatic heterocycles. The van der Waals surface area contributed by atoms with Crippen LogP contribution in [0.15, 0.2) is 18.6 Å². The lowest BCUT2D eigenvalue weighted by molar-refractivity contribution is 0.235. The molecule has 1 N–H and O–H groups in total. The lowest BCUT2D eigenvalue weighted by Gasteiger charge is -2.27. The molecule has 0 aliphatic carbocycles. The van der Waals surface area contributed by atoms with Crippen LogP contribution < -0.4 is 0 Å². The zero-order chi connectivity index (χ0) is 13.2. The van der Waals surface area contributed by atoms with Crippen LogP contribution in [0, 0.1) is 0 Å². The Hall–Kier alpha value is -1.75. The summed E-state index contributed by atoms with van der Waals surface area (Å²) in [6, 6.07) is 0. The van der Waals surface area contributed by atoms with Crippen molar-refractivity contribution in [3.8, 4) is 0 Å². The Labute approximate surface area is 113 Å². The minimum atomic E-state index is 0.380. The molecule has 3 heterocycles. The van der Waals surface area contributed by atoms with Gasteiger partial charge in [-0.15, -0.1) is 0 Å². The molecule has 0 radical (unpaired) electrons. The molecule has 0 saturated heterocycles. The summed E-state index contributed by atoms with van der Waals surface area (Å²) >= 11 is 0. The second-order valence-corrected chi connectivity index (χ2v) is 5.35. The number of imidazole rings is 1. The van der Waals surface area contributed by atoms with Gasteiger partial charge in [0.05, 0.1) is 12.2 Å². The maximum absolute atomic E-state index is 4.71. The fourth-order valence-electron chi connectivity index (χ4n) is 2.38. The Bertz CT molecular complexity index is 547. The van der Waals surface area contributed by atoms with Crippen LogP contribution in [-0.2, 0) is 19.5 Å². The van der Waals surface area contributed by atoms with Crippen molar-refractivity contribution in [2.24, 2.45) is 0 Å². The van der Waals surface area contributed by atoms with Crippen LogP contribution >= 0.6 is 0 Å². The van der Waals surface area contributed by atoms with Crippen molar-refractivity contribution in [3.63, 3.8) is 0 Å². The van der Waals surface area contributed by atoms with Crippen LogP contribution in [0.2, 0.25) is 0 Å². The molecule has 3 rings (SSSR count). The van der Waals surface area contributed by atoms with Crippen molar-refractivity contribution in [2.75, 3.05) is 6.54 Å². The number of hydrogen-bond donors (Lipinski definition) is 1. The van der Waals surface area contributed by atoms with Crippen LogP contribution in [0.5, 0.6) is 0 Å². The van der Waals surface area contributed by atoms with Crippen molar-refractivity contribution in [2.45, 2.75) is 39.3 Å². The third-order valence-electron chi connectivity index (χ3n) is 3.49. The second-order valence-electron chi connectivity index (χ2n) is 5.35. The molecule has 0 fully saturated rings. The minimum Gasteiger partial charge on any atom is -0.348 e. The molecule has 0 aromatic carbocycles. The number of H-pyrrole nitrogens is 1. The molecular weight excluding hydrogens is 238 g/mol. The molecule has 0 bridgehead atoms. The molecule has 1 aliphatic heterocycles. The minimum absolute atomic E-state index is 0.380. The molecule has 0 saturated carbocycles. The van der Waals surface area contributed by atoms with Gasteiger partial charge in [-0.25, -0.2) is 15.0 Å². The maximum atomic E-state index is 4.71. The first kappa shape index (κ1) is 12.3. The average Bonchev–Trinajstić information content (AvgIpc) is 2.90. The van der Waals surface area contributed by atoms with Gasteiger partial charge in [-0.05, 0) is 12.0 Å². The fourth-order valence-corrected chi connectivity index (χ4v) is 2.38. The molecule has 19 heavy (non-hydrogen) atoms. The number of aromatic amines is 1. The van der Waals surface area contributed by atoms with Crippen LogP contribution in [0.3, 0.4) is 0 Å². The predicted molar refractivity (Wildman–Crippen MR) is 72.5 cm³/mol. The highest BCUT2D eigenvalue weighted by Crippen LogP contribution is 2.19. The summed E-state index contributed by atoms with van der Waals surface area (Å²) in [4.78, 5) is 19.0. The largest absolute Gasteiger partial charge is 0.348 e. The van der Waals surface area contributed by atoms with E-state index in [0.717, 1.165) is 37.7 Å². The molecule has 100 valence electrons. The van der Waals surface area contributed by atoms with Gasteiger partial charge in [0.2, 0.25) is 0 Å². The van der Waals surface area contributed by atoms with E-state index >= 15 is 0 Å².